The van der Waals surface area contributed by atoms with Crippen molar-refractivity contribution in [3.8, 4) is 0 Å². The van der Waals surface area contributed by atoms with Crippen molar-refractivity contribution in [1.82, 2.24) is 0 Å². The van der Waals surface area contributed by atoms with Crippen LogP contribution >= 0.6 is 35.0 Å². The van der Waals surface area contributed by atoms with Crippen molar-refractivity contribution in [3.05, 3.63) is 27.7 Å². The molecular formula is C12H17Cl2NS. The summed E-state index contributed by atoms with van der Waals surface area (Å²) in [5, 5.41) is 4.82. The minimum Gasteiger partial charge on any atom is -0.384 e. The first-order valence-corrected chi connectivity index (χ1v) is 7.48. The lowest BCUT2D eigenvalue weighted by Crippen LogP contribution is -2.02. The predicted molar refractivity (Wildman–Crippen MR) is 77.3 cm³/mol. The molecule has 0 spiro atoms. The van der Waals surface area contributed by atoms with Crippen LogP contribution in [-0.2, 0) is 0 Å². The fraction of sp³-hybridized carbons (Fsp3) is 0.500. The standard InChI is InChI=1S/C12H17Cl2NS/c1-9-7-11(14)12(8-10(9)13)15-5-3-4-6-16-2/h7-8,15H,3-6H2,1-2H3. The van der Waals surface area contributed by atoms with Gasteiger partial charge < -0.3 is 5.32 Å². The third-order valence-corrected chi connectivity index (χ3v) is 3.76. The first-order chi connectivity index (χ1) is 7.65. The number of anilines is 1. The molecule has 1 aromatic carbocycles. The van der Waals surface area contributed by atoms with Crippen LogP contribution in [-0.4, -0.2) is 18.6 Å². The van der Waals surface area contributed by atoms with Crippen molar-refractivity contribution in [1.29, 1.82) is 0 Å². The van der Waals surface area contributed by atoms with E-state index >= 15 is 0 Å². The number of benzene rings is 1. The number of unbranched alkanes of at least 4 members (excludes halogenated alkanes) is 1. The van der Waals surface area contributed by atoms with Gasteiger partial charge in [0.25, 0.3) is 0 Å². The van der Waals surface area contributed by atoms with Gasteiger partial charge in [-0.25, -0.2) is 0 Å². The molecule has 0 fully saturated rings. The van der Waals surface area contributed by atoms with E-state index in [1.165, 1.54) is 12.2 Å². The van der Waals surface area contributed by atoms with Crippen LogP contribution in [0.4, 0.5) is 5.69 Å². The summed E-state index contributed by atoms with van der Waals surface area (Å²) in [6.45, 7) is 2.90. The fourth-order valence-electron chi connectivity index (χ4n) is 1.38. The van der Waals surface area contributed by atoms with Crippen molar-refractivity contribution >= 4 is 40.7 Å². The minimum absolute atomic E-state index is 0.742. The second-order valence-corrected chi connectivity index (χ2v) is 5.51. The Balaban J connectivity index is 2.45. The number of halogens is 2. The summed E-state index contributed by atoms with van der Waals surface area (Å²) >= 11 is 14.0. The van der Waals surface area contributed by atoms with E-state index in [4.69, 9.17) is 23.2 Å². The van der Waals surface area contributed by atoms with Gasteiger partial charge in [-0.15, -0.1) is 0 Å². The van der Waals surface area contributed by atoms with Crippen LogP contribution in [0.3, 0.4) is 0 Å². The Labute approximate surface area is 112 Å². The Kier molecular flexibility index (Phi) is 6.40. The molecule has 0 unspecified atom stereocenters. The molecule has 0 radical (unpaired) electrons. The lowest BCUT2D eigenvalue weighted by molar-refractivity contribution is 0.843. The molecule has 0 saturated carbocycles. The topological polar surface area (TPSA) is 12.0 Å². The zero-order valence-corrected chi connectivity index (χ0v) is 12.0. The largest absolute Gasteiger partial charge is 0.384 e. The first-order valence-electron chi connectivity index (χ1n) is 5.33. The zero-order chi connectivity index (χ0) is 12.0. The molecular weight excluding hydrogens is 261 g/mol. The second kappa shape index (κ2) is 7.31. The van der Waals surface area contributed by atoms with Crippen LogP contribution in [0.2, 0.25) is 10.0 Å². The van der Waals surface area contributed by atoms with E-state index in [0.29, 0.717) is 0 Å². The van der Waals surface area contributed by atoms with Crippen molar-refractivity contribution in [2.75, 3.05) is 23.9 Å². The van der Waals surface area contributed by atoms with Gasteiger partial charge in [0.2, 0.25) is 0 Å². The molecule has 16 heavy (non-hydrogen) atoms. The molecule has 1 nitrogen and oxygen atoms in total. The van der Waals surface area contributed by atoms with Crippen LogP contribution in [0, 0.1) is 6.92 Å². The highest BCUT2D eigenvalue weighted by molar-refractivity contribution is 7.98. The Hall–Kier alpha value is -0.0500. The fourth-order valence-corrected chi connectivity index (χ4v) is 2.32. The van der Waals surface area contributed by atoms with Gasteiger partial charge in [0.15, 0.2) is 0 Å². The normalized spacial score (nSPS) is 10.5. The Morgan fingerprint density at radius 2 is 1.94 bits per heavy atom. The molecule has 4 heteroatoms. The lowest BCUT2D eigenvalue weighted by atomic mass is 10.2. The third kappa shape index (κ3) is 4.44. The van der Waals surface area contributed by atoms with Crippen molar-refractivity contribution in [3.63, 3.8) is 0 Å². The van der Waals surface area contributed by atoms with Gasteiger partial charge in [0.05, 0.1) is 10.7 Å². The highest BCUT2D eigenvalue weighted by Gasteiger charge is 2.03. The number of thioether (sulfide) groups is 1. The first kappa shape index (κ1) is 14.0. The number of aryl methyl sites for hydroxylation is 1. The van der Waals surface area contributed by atoms with Crippen molar-refractivity contribution in [2.24, 2.45) is 0 Å². The van der Waals surface area contributed by atoms with Gasteiger partial charge in [-0.2, -0.15) is 11.8 Å². The van der Waals surface area contributed by atoms with Crippen LogP contribution in [0.5, 0.6) is 0 Å². The van der Waals surface area contributed by atoms with E-state index in [9.17, 15) is 0 Å². The molecule has 0 saturated heterocycles. The van der Waals surface area contributed by atoms with E-state index in [1.807, 2.05) is 30.8 Å². The highest BCUT2D eigenvalue weighted by atomic mass is 35.5. The number of hydrogen-bond donors (Lipinski definition) is 1. The molecule has 0 aliphatic carbocycles. The van der Waals surface area contributed by atoms with Gasteiger partial charge >= 0.3 is 0 Å². The number of nitrogens with one attached hydrogen (secondary N) is 1. The molecule has 0 amide bonds. The summed E-state index contributed by atoms with van der Waals surface area (Å²) in [7, 11) is 0. The van der Waals surface area contributed by atoms with E-state index < -0.39 is 0 Å². The SMILES string of the molecule is CSCCCCNc1cc(Cl)c(C)cc1Cl. The Bertz CT molecular complexity index is 342. The summed E-state index contributed by atoms with van der Waals surface area (Å²) in [5.41, 5.74) is 1.95. The van der Waals surface area contributed by atoms with Crippen LogP contribution in [0.15, 0.2) is 12.1 Å². The van der Waals surface area contributed by atoms with E-state index in [1.54, 1.807) is 0 Å². The van der Waals surface area contributed by atoms with Crippen molar-refractivity contribution < 1.29 is 0 Å². The smallest absolute Gasteiger partial charge is 0.0641 e. The average molecular weight is 278 g/mol. The minimum atomic E-state index is 0.742. The number of hydrogen-bond acceptors (Lipinski definition) is 2. The second-order valence-electron chi connectivity index (χ2n) is 3.71. The lowest BCUT2D eigenvalue weighted by Gasteiger charge is -2.10. The van der Waals surface area contributed by atoms with Crippen molar-refractivity contribution in [2.45, 2.75) is 19.8 Å². The van der Waals surface area contributed by atoms with Gasteiger partial charge in [-0.1, -0.05) is 23.2 Å². The van der Waals surface area contributed by atoms with E-state index in [0.717, 1.165) is 34.3 Å². The highest BCUT2D eigenvalue weighted by Crippen LogP contribution is 2.28. The maximum absolute atomic E-state index is 6.12. The Morgan fingerprint density at radius 3 is 2.62 bits per heavy atom. The molecule has 0 aliphatic rings. The summed E-state index contributed by atoms with van der Waals surface area (Å²) in [6.07, 6.45) is 4.51. The summed E-state index contributed by atoms with van der Waals surface area (Å²) in [4.78, 5) is 0. The molecule has 1 aromatic rings. The van der Waals surface area contributed by atoms with Crippen LogP contribution in [0.25, 0.3) is 0 Å². The predicted octanol–water partition coefficient (Wildman–Crippen LogP) is 4.86. The quantitative estimate of drug-likeness (QED) is 0.746. The third-order valence-electron chi connectivity index (χ3n) is 2.34. The summed E-state index contributed by atoms with van der Waals surface area (Å²) < 4.78 is 0. The Morgan fingerprint density at radius 1 is 1.19 bits per heavy atom. The molecule has 1 rings (SSSR count). The molecule has 0 aromatic heterocycles. The van der Waals surface area contributed by atoms with Crippen LogP contribution in [0.1, 0.15) is 18.4 Å². The molecule has 90 valence electrons. The maximum Gasteiger partial charge on any atom is 0.0641 e. The van der Waals surface area contributed by atoms with Crippen LogP contribution < -0.4 is 5.32 Å². The zero-order valence-electron chi connectivity index (χ0n) is 9.65. The maximum atomic E-state index is 6.12. The van der Waals surface area contributed by atoms with E-state index in [-0.39, 0.29) is 0 Å². The summed E-state index contributed by atoms with van der Waals surface area (Å²) in [6, 6.07) is 3.79. The molecule has 0 heterocycles. The molecule has 0 atom stereocenters. The van der Waals surface area contributed by atoms with Gasteiger partial charge in [-0.3, -0.25) is 0 Å². The molecule has 0 bridgehead atoms. The molecule has 0 aliphatic heterocycles. The van der Waals surface area contributed by atoms with E-state index in [2.05, 4.69) is 11.6 Å². The van der Waals surface area contributed by atoms with Gasteiger partial charge in [0.1, 0.15) is 0 Å². The summed E-state index contributed by atoms with van der Waals surface area (Å²) in [5.74, 6) is 1.21. The van der Waals surface area contributed by atoms with Gasteiger partial charge in [0, 0.05) is 11.6 Å². The number of rotatable bonds is 6. The monoisotopic (exact) mass is 277 g/mol. The van der Waals surface area contributed by atoms with Gasteiger partial charge in [-0.05, 0) is 49.5 Å². The molecule has 1 N–H and O–H groups in total. The average Bonchev–Trinajstić information content (AvgIpc) is 2.25.